The Balaban J connectivity index is 1.44. The summed E-state index contributed by atoms with van der Waals surface area (Å²) in [5.74, 6) is 1.28. The molecule has 0 saturated carbocycles. The summed E-state index contributed by atoms with van der Waals surface area (Å²) in [7, 11) is 0. The summed E-state index contributed by atoms with van der Waals surface area (Å²) in [6.07, 6.45) is 1.61. The van der Waals surface area contributed by atoms with Gasteiger partial charge in [0.05, 0.1) is 19.5 Å². The molecule has 0 spiro atoms. The number of morpholine rings is 1. The Hall–Kier alpha value is -3.78. The first-order valence-electron chi connectivity index (χ1n) is 10.6. The van der Waals surface area contributed by atoms with Crippen molar-refractivity contribution in [1.82, 2.24) is 24.8 Å². The van der Waals surface area contributed by atoms with Gasteiger partial charge in [-0.3, -0.25) is 4.79 Å². The molecule has 0 atom stereocenters. The molecule has 1 aliphatic heterocycles. The molecule has 0 radical (unpaired) electrons. The molecule has 2 N–H and O–H groups in total. The average molecular weight is 428 g/mol. The number of nitrogens with one attached hydrogen (secondary N) is 2. The summed E-state index contributed by atoms with van der Waals surface area (Å²) in [5.41, 5.74) is 6.10. The number of carbonyl (C=O) groups excluding carboxylic acids is 1. The second-order valence-electron chi connectivity index (χ2n) is 7.85. The standard InChI is InChI=1S/C24H24N6O2/c1-15-4-3-5-19(16(15)2)21-28-22-20(25-14-26-22)23(29-21)27-18-8-6-17(7-9-18)24(31)30-10-12-32-13-11-30/h3-9,14H,10-13H2,1-2H3,(H2,25,26,27,28,29). The van der Waals surface area contributed by atoms with Crippen molar-refractivity contribution >= 4 is 28.6 Å². The third-order valence-corrected chi connectivity index (χ3v) is 5.82. The number of ether oxygens (including phenoxy) is 1. The minimum absolute atomic E-state index is 0.0232. The summed E-state index contributed by atoms with van der Waals surface area (Å²) in [6, 6.07) is 13.5. The monoisotopic (exact) mass is 428 g/mol. The summed E-state index contributed by atoms with van der Waals surface area (Å²) < 4.78 is 5.33. The number of benzene rings is 2. The quantitative estimate of drug-likeness (QED) is 0.513. The number of aryl methyl sites for hydroxylation is 1. The molecule has 2 aromatic heterocycles. The molecule has 1 amide bonds. The van der Waals surface area contributed by atoms with Crippen LogP contribution in [-0.4, -0.2) is 57.0 Å². The van der Waals surface area contributed by atoms with E-state index in [1.165, 1.54) is 5.56 Å². The zero-order valence-electron chi connectivity index (χ0n) is 18.1. The van der Waals surface area contributed by atoms with Crippen LogP contribution in [-0.2, 0) is 4.74 Å². The fraction of sp³-hybridized carbons (Fsp3) is 0.250. The molecule has 162 valence electrons. The summed E-state index contributed by atoms with van der Waals surface area (Å²) in [5, 5.41) is 3.36. The normalized spacial score (nSPS) is 14.0. The van der Waals surface area contributed by atoms with Crippen LogP contribution >= 0.6 is 0 Å². The van der Waals surface area contributed by atoms with Gasteiger partial charge in [-0.25, -0.2) is 15.0 Å². The van der Waals surface area contributed by atoms with Crippen molar-refractivity contribution in [3.8, 4) is 11.4 Å². The third kappa shape index (κ3) is 3.80. The van der Waals surface area contributed by atoms with Gasteiger partial charge in [-0.05, 0) is 49.2 Å². The van der Waals surface area contributed by atoms with E-state index in [1.54, 1.807) is 6.33 Å². The van der Waals surface area contributed by atoms with Gasteiger partial charge in [0.1, 0.15) is 5.52 Å². The average Bonchev–Trinajstić information content (AvgIpc) is 3.31. The van der Waals surface area contributed by atoms with Crippen LogP contribution in [0.15, 0.2) is 48.8 Å². The largest absolute Gasteiger partial charge is 0.378 e. The lowest BCUT2D eigenvalue weighted by Gasteiger charge is -2.26. The number of aromatic amines is 1. The molecule has 1 fully saturated rings. The highest BCUT2D eigenvalue weighted by atomic mass is 16.5. The number of H-pyrrole nitrogens is 1. The van der Waals surface area contributed by atoms with Crippen molar-refractivity contribution < 1.29 is 9.53 Å². The van der Waals surface area contributed by atoms with E-state index < -0.39 is 0 Å². The van der Waals surface area contributed by atoms with Gasteiger partial charge in [-0.2, -0.15) is 0 Å². The molecule has 3 heterocycles. The molecule has 2 aromatic carbocycles. The minimum Gasteiger partial charge on any atom is -0.378 e. The van der Waals surface area contributed by atoms with E-state index in [2.05, 4.69) is 40.2 Å². The lowest BCUT2D eigenvalue weighted by Crippen LogP contribution is -2.40. The number of carbonyl (C=O) groups is 1. The molecule has 1 saturated heterocycles. The van der Waals surface area contributed by atoms with Crippen LogP contribution in [0.4, 0.5) is 11.5 Å². The predicted octanol–water partition coefficient (Wildman–Crippen LogP) is 3.85. The Morgan fingerprint density at radius 3 is 2.62 bits per heavy atom. The number of fused-ring (bicyclic) bond motifs is 1. The van der Waals surface area contributed by atoms with Crippen LogP contribution in [0.25, 0.3) is 22.6 Å². The molecule has 0 bridgehead atoms. The van der Waals surface area contributed by atoms with Crippen molar-refractivity contribution in [1.29, 1.82) is 0 Å². The van der Waals surface area contributed by atoms with Crippen molar-refractivity contribution in [2.24, 2.45) is 0 Å². The molecule has 5 rings (SSSR count). The third-order valence-electron chi connectivity index (χ3n) is 5.82. The number of amides is 1. The van der Waals surface area contributed by atoms with Gasteiger partial charge >= 0.3 is 0 Å². The number of aromatic nitrogens is 4. The van der Waals surface area contributed by atoms with Crippen molar-refractivity contribution in [3.63, 3.8) is 0 Å². The number of hydrogen-bond acceptors (Lipinski definition) is 6. The maximum atomic E-state index is 12.7. The van der Waals surface area contributed by atoms with Crippen LogP contribution < -0.4 is 5.32 Å². The second-order valence-corrected chi connectivity index (χ2v) is 7.85. The molecule has 32 heavy (non-hydrogen) atoms. The highest BCUT2D eigenvalue weighted by molar-refractivity contribution is 5.95. The zero-order valence-corrected chi connectivity index (χ0v) is 18.1. The topological polar surface area (TPSA) is 96.0 Å². The SMILES string of the molecule is Cc1cccc(-c2nc(Nc3ccc(C(=O)N4CCOCC4)cc3)c3[nH]cnc3n2)c1C. The van der Waals surface area contributed by atoms with Gasteiger partial charge < -0.3 is 19.9 Å². The van der Waals surface area contributed by atoms with E-state index in [0.717, 1.165) is 22.3 Å². The molecular weight excluding hydrogens is 404 g/mol. The maximum Gasteiger partial charge on any atom is 0.254 e. The Kier molecular flexibility index (Phi) is 5.28. The van der Waals surface area contributed by atoms with E-state index in [0.29, 0.717) is 49.2 Å². The number of hydrogen-bond donors (Lipinski definition) is 2. The lowest BCUT2D eigenvalue weighted by molar-refractivity contribution is 0.0303. The fourth-order valence-corrected chi connectivity index (χ4v) is 3.82. The van der Waals surface area contributed by atoms with Gasteiger partial charge in [0.15, 0.2) is 17.3 Å². The first-order chi connectivity index (χ1) is 15.6. The molecule has 8 nitrogen and oxygen atoms in total. The van der Waals surface area contributed by atoms with E-state index in [-0.39, 0.29) is 5.91 Å². The summed E-state index contributed by atoms with van der Waals surface area (Å²) >= 11 is 0. The van der Waals surface area contributed by atoms with Gasteiger partial charge in [0.25, 0.3) is 5.91 Å². The lowest BCUT2D eigenvalue weighted by atomic mass is 10.0. The summed E-state index contributed by atoms with van der Waals surface area (Å²) in [6.45, 7) is 6.56. The van der Waals surface area contributed by atoms with Gasteiger partial charge in [-0.1, -0.05) is 18.2 Å². The van der Waals surface area contributed by atoms with Crippen LogP contribution in [0.1, 0.15) is 21.5 Å². The van der Waals surface area contributed by atoms with E-state index in [4.69, 9.17) is 9.72 Å². The Labute approximate surface area is 185 Å². The van der Waals surface area contributed by atoms with Gasteiger partial charge in [0, 0.05) is 29.9 Å². The molecular formula is C24H24N6O2. The molecule has 0 unspecified atom stereocenters. The van der Waals surface area contributed by atoms with Crippen molar-refractivity contribution in [2.75, 3.05) is 31.6 Å². The maximum absolute atomic E-state index is 12.7. The number of rotatable bonds is 4. The number of nitrogens with zero attached hydrogens (tertiary/aromatic N) is 4. The smallest absolute Gasteiger partial charge is 0.254 e. The Morgan fingerprint density at radius 2 is 1.84 bits per heavy atom. The highest BCUT2D eigenvalue weighted by Crippen LogP contribution is 2.28. The second kappa shape index (κ2) is 8.39. The zero-order chi connectivity index (χ0) is 22.1. The van der Waals surface area contributed by atoms with E-state index in [1.807, 2.05) is 41.3 Å². The number of anilines is 2. The van der Waals surface area contributed by atoms with Gasteiger partial charge in [-0.15, -0.1) is 0 Å². The van der Waals surface area contributed by atoms with Crippen molar-refractivity contribution in [3.05, 3.63) is 65.5 Å². The molecule has 8 heteroatoms. The van der Waals surface area contributed by atoms with Crippen LogP contribution in [0.3, 0.4) is 0 Å². The predicted molar refractivity (Wildman–Crippen MR) is 123 cm³/mol. The Morgan fingerprint density at radius 1 is 1.06 bits per heavy atom. The van der Waals surface area contributed by atoms with Crippen molar-refractivity contribution in [2.45, 2.75) is 13.8 Å². The number of imidazole rings is 1. The molecule has 1 aliphatic rings. The van der Waals surface area contributed by atoms with E-state index >= 15 is 0 Å². The fourth-order valence-electron chi connectivity index (χ4n) is 3.82. The van der Waals surface area contributed by atoms with Crippen LogP contribution in [0.2, 0.25) is 0 Å². The Bertz CT molecular complexity index is 1280. The molecule has 0 aliphatic carbocycles. The van der Waals surface area contributed by atoms with Crippen LogP contribution in [0.5, 0.6) is 0 Å². The highest BCUT2D eigenvalue weighted by Gasteiger charge is 2.19. The van der Waals surface area contributed by atoms with Gasteiger partial charge in [0.2, 0.25) is 0 Å². The van der Waals surface area contributed by atoms with E-state index in [9.17, 15) is 4.79 Å². The first-order valence-corrected chi connectivity index (χ1v) is 10.6. The van der Waals surface area contributed by atoms with Crippen LogP contribution in [0, 0.1) is 13.8 Å². The molecule has 4 aromatic rings. The minimum atomic E-state index is 0.0232. The first kappa shape index (κ1) is 20.1. The summed E-state index contributed by atoms with van der Waals surface area (Å²) in [4.78, 5) is 31.4.